The molecule has 1 fully saturated rings. The van der Waals surface area contributed by atoms with Crippen molar-refractivity contribution in [2.75, 3.05) is 20.3 Å². The molecule has 0 unspecified atom stereocenters. The molecule has 1 saturated heterocycles. The van der Waals surface area contributed by atoms with Crippen molar-refractivity contribution in [1.82, 2.24) is 20.1 Å². The van der Waals surface area contributed by atoms with Gasteiger partial charge in [0.2, 0.25) is 5.88 Å². The maximum atomic E-state index is 12.5. The van der Waals surface area contributed by atoms with E-state index in [0.717, 1.165) is 5.69 Å². The van der Waals surface area contributed by atoms with E-state index in [1.165, 1.54) is 7.11 Å². The number of nitrogens with one attached hydrogen (secondary N) is 1. The lowest BCUT2D eigenvalue weighted by Crippen LogP contribution is -2.45. The minimum absolute atomic E-state index is 0.260. The highest BCUT2D eigenvalue weighted by molar-refractivity contribution is 5.96. The summed E-state index contributed by atoms with van der Waals surface area (Å²) in [6.45, 7) is 2.63. The molecule has 1 N–H and O–H groups in total. The molecular weight excluding hydrogens is 312 g/mol. The lowest BCUT2D eigenvalue weighted by Gasteiger charge is -2.20. The highest BCUT2D eigenvalue weighted by Gasteiger charge is 2.32. The molecule has 3 heterocycles. The molecule has 0 spiro atoms. The number of methoxy groups -OCH3 is 1. The Bertz CT molecular complexity index is 731. The number of hydrogen-bond donors (Lipinski definition) is 1. The lowest BCUT2D eigenvalue weighted by atomic mass is 10.1. The highest BCUT2D eigenvalue weighted by Crippen LogP contribution is 2.19. The Morgan fingerprint density at radius 2 is 2.25 bits per heavy atom. The Morgan fingerprint density at radius 3 is 2.96 bits per heavy atom. The van der Waals surface area contributed by atoms with Crippen LogP contribution in [-0.4, -0.2) is 53.1 Å². The first-order valence-corrected chi connectivity index (χ1v) is 7.62. The fraction of sp³-hybridized carbons (Fsp3) is 0.438. The van der Waals surface area contributed by atoms with E-state index < -0.39 is 0 Å². The van der Waals surface area contributed by atoms with Crippen LogP contribution >= 0.6 is 0 Å². The maximum Gasteiger partial charge on any atom is 0.257 e. The SMILES string of the molecule is COc1nc(C)ccc1C(=O)N[C@H]1COC[C@H]1Oc1cnn(C)c1. The first-order chi connectivity index (χ1) is 11.6. The van der Waals surface area contributed by atoms with Gasteiger partial charge in [0.1, 0.15) is 11.7 Å². The summed E-state index contributed by atoms with van der Waals surface area (Å²) in [5.74, 6) is 0.674. The molecule has 2 aromatic heterocycles. The van der Waals surface area contributed by atoms with Crippen molar-refractivity contribution in [2.24, 2.45) is 7.05 Å². The molecule has 8 heteroatoms. The molecule has 128 valence electrons. The van der Waals surface area contributed by atoms with Crippen molar-refractivity contribution in [3.05, 3.63) is 35.8 Å². The van der Waals surface area contributed by atoms with Crippen LogP contribution in [-0.2, 0) is 11.8 Å². The normalized spacial score (nSPS) is 20.0. The molecule has 0 saturated carbocycles. The monoisotopic (exact) mass is 332 g/mol. The van der Waals surface area contributed by atoms with Crippen molar-refractivity contribution < 1.29 is 19.0 Å². The molecular formula is C16H20N4O4. The minimum atomic E-state index is -0.275. The van der Waals surface area contributed by atoms with Gasteiger partial charge >= 0.3 is 0 Å². The van der Waals surface area contributed by atoms with E-state index in [9.17, 15) is 4.79 Å². The number of hydrogen-bond acceptors (Lipinski definition) is 6. The van der Waals surface area contributed by atoms with Crippen LogP contribution in [0.4, 0.5) is 0 Å². The molecule has 1 aliphatic rings. The van der Waals surface area contributed by atoms with Crippen LogP contribution in [0.3, 0.4) is 0 Å². The molecule has 24 heavy (non-hydrogen) atoms. The van der Waals surface area contributed by atoms with Gasteiger partial charge < -0.3 is 19.5 Å². The predicted molar refractivity (Wildman–Crippen MR) is 85.2 cm³/mol. The minimum Gasteiger partial charge on any atom is -0.482 e. The number of rotatable bonds is 5. The third kappa shape index (κ3) is 3.48. The predicted octanol–water partition coefficient (Wildman–Crippen LogP) is 0.708. The summed E-state index contributed by atoms with van der Waals surface area (Å²) in [6.07, 6.45) is 3.12. The summed E-state index contributed by atoms with van der Waals surface area (Å²) < 4.78 is 18.1. The lowest BCUT2D eigenvalue weighted by molar-refractivity contribution is 0.0900. The van der Waals surface area contributed by atoms with Crippen LogP contribution < -0.4 is 14.8 Å². The smallest absolute Gasteiger partial charge is 0.257 e. The van der Waals surface area contributed by atoms with E-state index in [4.69, 9.17) is 14.2 Å². The van der Waals surface area contributed by atoms with Gasteiger partial charge in [-0.1, -0.05) is 0 Å². The Kier molecular flexibility index (Phi) is 4.66. The summed E-state index contributed by atoms with van der Waals surface area (Å²) in [5, 5.41) is 6.99. The number of ether oxygens (including phenoxy) is 3. The Morgan fingerprint density at radius 1 is 1.42 bits per heavy atom. The van der Waals surface area contributed by atoms with Crippen LogP contribution in [0.1, 0.15) is 16.1 Å². The zero-order valence-corrected chi connectivity index (χ0v) is 13.9. The Balaban J connectivity index is 1.69. The maximum absolute atomic E-state index is 12.5. The van der Waals surface area contributed by atoms with E-state index in [1.54, 1.807) is 29.2 Å². The van der Waals surface area contributed by atoms with E-state index in [-0.39, 0.29) is 18.1 Å². The van der Waals surface area contributed by atoms with Gasteiger partial charge in [-0.05, 0) is 19.1 Å². The van der Waals surface area contributed by atoms with Crippen molar-refractivity contribution in [3.63, 3.8) is 0 Å². The third-order valence-electron chi connectivity index (χ3n) is 3.75. The van der Waals surface area contributed by atoms with Gasteiger partial charge in [-0.25, -0.2) is 4.98 Å². The zero-order chi connectivity index (χ0) is 17.1. The van der Waals surface area contributed by atoms with Crippen molar-refractivity contribution in [2.45, 2.75) is 19.1 Å². The second kappa shape index (κ2) is 6.88. The Hall–Kier alpha value is -2.61. The van der Waals surface area contributed by atoms with Crippen LogP contribution in [0.2, 0.25) is 0 Å². The average molecular weight is 332 g/mol. The number of aryl methyl sites for hydroxylation is 2. The molecule has 8 nitrogen and oxygen atoms in total. The van der Waals surface area contributed by atoms with Gasteiger partial charge in [0.25, 0.3) is 5.91 Å². The fourth-order valence-corrected chi connectivity index (χ4v) is 2.53. The quantitative estimate of drug-likeness (QED) is 0.868. The molecule has 0 bridgehead atoms. The van der Waals surface area contributed by atoms with Gasteiger partial charge in [0.15, 0.2) is 5.75 Å². The second-order valence-corrected chi connectivity index (χ2v) is 5.63. The average Bonchev–Trinajstić information content (AvgIpc) is 3.16. The molecule has 0 aromatic carbocycles. The molecule has 0 aliphatic carbocycles. The molecule has 1 aliphatic heterocycles. The Labute approximate surface area is 139 Å². The van der Waals surface area contributed by atoms with E-state index >= 15 is 0 Å². The van der Waals surface area contributed by atoms with Gasteiger partial charge in [-0.15, -0.1) is 0 Å². The van der Waals surface area contributed by atoms with E-state index in [2.05, 4.69) is 15.4 Å². The number of nitrogens with zero attached hydrogens (tertiary/aromatic N) is 3. The number of carbonyl (C=O) groups is 1. The first-order valence-electron chi connectivity index (χ1n) is 7.62. The summed E-state index contributed by atoms with van der Waals surface area (Å²) in [5.41, 5.74) is 1.17. The number of pyridine rings is 1. The van der Waals surface area contributed by atoms with Crippen molar-refractivity contribution in [3.8, 4) is 11.6 Å². The highest BCUT2D eigenvalue weighted by atomic mass is 16.5. The van der Waals surface area contributed by atoms with Gasteiger partial charge in [-0.3, -0.25) is 9.48 Å². The van der Waals surface area contributed by atoms with E-state index in [0.29, 0.717) is 30.4 Å². The standard InChI is InChI=1S/C16H20N4O4/c1-10-4-5-12(16(18-10)22-3)15(21)19-13-8-23-9-14(13)24-11-6-17-20(2)7-11/h4-7,13-14H,8-9H2,1-3H3,(H,19,21)/t13-,14+/m0/s1. The number of amides is 1. The molecule has 0 radical (unpaired) electrons. The topological polar surface area (TPSA) is 87.5 Å². The summed E-state index contributed by atoms with van der Waals surface area (Å²) in [6, 6.07) is 3.21. The molecule has 1 amide bonds. The largest absolute Gasteiger partial charge is 0.482 e. The fourth-order valence-electron chi connectivity index (χ4n) is 2.53. The second-order valence-electron chi connectivity index (χ2n) is 5.63. The molecule has 2 atom stereocenters. The third-order valence-corrected chi connectivity index (χ3v) is 3.75. The van der Waals surface area contributed by atoms with Gasteiger partial charge in [0.05, 0.1) is 38.8 Å². The summed E-state index contributed by atoms with van der Waals surface area (Å²) in [4.78, 5) is 16.8. The molecule has 2 aromatic rings. The van der Waals surface area contributed by atoms with Crippen LogP contribution in [0, 0.1) is 6.92 Å². The zero-order valence-electron chi connectivity index (χ0n) is 13.9. The number of carbonyl (C=O) groups excluding carboxylic acids is 1. The number of aromatic nitrogens is 3. The summed E-state index contributed by atoms with van der Waals surface area (Å²) >= 11 is 0. The molecule has 3 rings (SSSR count). The van der Waals surface area contributed by atoms with Crippen molar-refractivity contribution >= 4 is 5.91 Å². The van der Waals surface area contributed by atoms with E-state index in [1.807, 2.05) is 14.0 Å². The van der Waals surface area contributed by atoms with Gasteiger partial charge in [0, 0.05) is 12.7 Å². The summed E-state index contributed by atoms with van der Waals surface area (Å²) in [7, 11) is 3.31. The van der Waals surface area contributed by atoms with Crippen LogP contribution in [0.5, 0.6) is 11.6 Å². The van der Waals surface area contributed by atoms with Crippen LogP contribution in [0.25, 0.3) is 0 Å². The van der Waals surface area contributed by atoms with Crippen LogP contribution in [0.15, 0.2) is 24.5 Å². The van der Waals surface area contributed by atoms with Gasteiger partial charge in [-0.2, -0.15) is 5.10 Å². The first kappa shape index (κ1) is 16.3. The van der Waals surface area contributed by atoms with Crippen molar-refractivity contribution in [1.29, 1.82) is 0 Å².